The molecule has 0 aromatic heterocycles. The highest BCUT2D eigenvalue weighted by atomic mass is 32.2. The van der Waals surface area contributed by atoms with Gasteiger partial charge in [-0.3, -0.25) is 19.2 Å². The Labute approximate surface area is 193 Å². The average molecular weight is 467 g/mol. The number of aliphatic carboxylic acids is 1. The van der Waals surface area contributed by atoms with Crippen LogP contribution in [0.15, 0.2) is 30.3 Å². The minimum absolute atomic E-state index is 0.0634. The second kappa shape index (κ2) is 14.5. The first-order valence-electron chi connectivity index (χ1n) is 10.6. The lowest BCUT2D eigenvalue weighted by atomic mass is 9.98. The molecule has 1 aromatic rings. The van der Waals surface area contributed by atoms with Crippen LogP contribution in [0.3, 0.4) is 0 Å². The molecule has 3 amide bonds. The van der Waals surface area contributed by atoms with Crippen LogP contribution in [0.5, 0.6) is 0 Å². The van der Waals surface area contributed by atoms with Crippen LogP contribution in [0, 0.1) is 5.92 Å². The van der Waals surface area contributed by atoms with E-state index in [0.29, 0.717) is 18.6 Å². The number of carbonyl (C=O) groups excluding carboxylic acids is 3. The van der Waals surface area contributed by atoms with Crippen molar-refractivity contribution in [2.75, 3.05) is 18.6 Å². The molecule has 0 heterocycles. The van der Waals surface area contributed by atoms with E-state index in [4.69, 9.17) is 10.8 Å². The maximum absolute atomic E-state index is 13.1. The number of carboxylic acids is 1. The van der Waals surface area contributed by atoms with E-state index >= 15 is 0 Å². The van der Waals surface area contributed by atoms with Crippen LogP contribution in [-0.2, 0) is 25.6 Å². The highest BCUT2D eigenvalue weighted by Gasteiger charge is 2.29. The van der Waals surface area contributed by atoms with Crippen LogP contribution in [0.2, 0.25) is 0 Å². The first kappa shape index (κ1) is 27.4. The largest absolute Gasteiger partial charge is 0.480 e. The molecule has 0 spiro atoms. The van der Waals surface area contributed by atoms with Crippen molar-refractivity contribution in [3.63, 3.8) is 0 Å². The van der Waals surface area contributed by atoms with E-state index in [9.17, 15) is 19.2 Å². The number of benzene rings is 1. The Morgan fingerprint density at radius 2 is 1.66 bits per heavy atom. The zero-order valence-corrected chi connectivity index (χ0v) is 19.6. The summed E-state index contributed by atoms with van der Waals surface area (Å²) in [7, 11) is 0. The number of hydrogen-bond donors (Lipinski definition) is 5. The summed E-state index contributed by atoms with van der Waals surface area (Å²) in [5.74, 6) is -2.22. The van der Waals surface area contributed by atoms with Gasteiger partial charge in [0.25, 0.3) is 0 Å². The number of carbonyl (C=O) groups is 4. The molecule has 9 nitrogen and oxygen atoms in total. The minimum atomic E-state index is -1.18. The Balaban J connectivity index is 3.00. The van der Waals surface area contributed by atoms with Gasteiger partial charge in [0.1, 0.15) is 18.6 Å². The lowest BCUT2D eigenvalue weighted by Crippen LogP contribution is -2.57. The Morgan fingerprint density at radius 3 is 2.22 bits per heavy atom. The van der Waals surface area contributed by atoms with Crippen molar-refractivity contribution >= 4 is 35.5 Å². The third-order valence-electron chi connectivity index (χ3n) is 5.13. The van der Waals surface area contributed by atoms with Gasteiger partial charge in [-0.1, -0.05) is 50.6 Å². The van der Waals surface area contributed by atoms with Gasteiger partial charge in [-0.15, -0.1) is 0 Å². The molecule has 178 valence electrons. The summed E-state index contributed by atoms with van der Waals surface area (Å²) >= 11 is 1.50. The highest BCUT2D eigenvalue weighted by Crippen LogP contribution is 2.09. The zero-order chi connectivity index (χ0) is 24.1. The number of amides is 3. The van der Waals surface area contributed by atoms with Crippen molar-refractivity contribution in [2.45, 2.75) is 51.2 Å². The summed E-state index contributed by atoms with van der Waals surface area (Å²) in [6.45, 7) is 3.25. The average Bonchev–Trinajstić information content (AvgIpc) is 2.78. The van der Waals surface area contributed by atoms with Gasteiger partial charge in [-0.25, -0.2) is 0 Å². The van der Waals surface area contributed by atoms with E-state index in [2.05, 4.69) is 16.0 Å². The van der Waals surface area contributed by atoms with Crippen molar-refractivity contribution in [2.24, 2.45) is 11.7 Å². The standard InChI is InChI=1S/C22H34N4O5S/c1-4-14(2)19(23)22(31)26-17(12-15-8-6-5-7-9-15)21(30)25-16(10-11-32-3)20(29)24-13-18(27)28/h5-9,14,16-17,19H,4,10-13,23H2,1-3H3,(H,24,29)(H,25,30)(H,26,31)(H,27,28). The maximum atomic E-state index is 13.1. The molecule has 1 rings (SSSR count). The molecule has 0 saturated carbocycles. The quantitative estimate of drug-likeness (QED) is 0.268. The molecule has 0 aliphatic rings. The van der Waals surface area contributed by atoms with Gasteiger partial charge >= 0.3 is 5.97 Å². The lowest BCUT2D eigenvalue weighted by molar-refractivity contribution is -0.138. The number of thioether (sulfide) groups is 1. The Kier molecular flexibility index (Phi) is 12.4. The maximum Gasteiger partial charge on any atom is 0.322 e. The van der Waals surface area contributed by atoms with E-state index in [1.54, 1.807) is 0 Å². The number of nitrogens with two attached hydrogens (primary N) is 1. The van der Waals surface area contributed by atoms with Crippen molar-refractivity contribution in [3.8, 4) is 0 Å². The SMILES string of the molecule is CCC(C)C(N)C(=O)NC(Cc1ccccc1)C(=O)NC(CCSC)C(=O)NCC(=O)O. The minimum Gasteiger partial charge on any atom is -0.480 e. The molecule has 10 heteroatoms. The van der Waals surface area contributed by atoms with E-state index in [-0.39, 0.29) is 12.3 Å². The molecule has 0 radical (unpaired) electrons. The van der Waals surface area contributed by atoms with E-state index in [0.717, 1.165) is 5.56 Å². The van der Waals surface area contributed by atoms with Gasteiger partial charge in [0.05, 0.1) is 6.04 Å². The van der Waals surface area contributed by atoms with Crippen LogP contribution >= 0.6 is 11.8 Å². The normalized spacial score (nSPS) is 14.5. The second-order valence-corrected chi connectivity index (χ2v) is 8.60. The first-order chi connectivity index (χ1) is 15.2. The molecular formula is C22H34N4O5S. The molecule has 0 fully saturated rings. The van der Waals surface area contributed by atoms with E-state index in [1.807, 2.05) is 50.4 Å². The molecule has 4 unspecified atom stereocenters. The van der Waals surface area contributed by atoms with E-state index in [1.165, 1.54) is 11.8 Å². The number of hydrogen-bond acceptors (Lipinski definition) is 6. The lowest BCUT2D eigenvalue weighted by Gasteiger charge is -2.25. The Hall–Kier alpha value is -2.59. The molecular weight excluding hydrogens is 432 g/mol. The summed E-state index contributed by atoms with van der Waals surface area (Å²) in [5, 5.41) is 16.5. The van der Waals surface area contributed by atoms with Gasteiger partial charge in [0, 0.05) is 6.42 Å². The zero-order valence-electron chi connectivity index (χ0n) is 18.8. The fourth-order valence-corrected chi connectivity index (χ4v) is 3.37. The smallest absolute Gasteiger partial charge is 0.322 e. The van der Waals surface area contributed by atoms with Crippen molar-refractivity contribution in [3.05, 3.63) is 35.9 Å². The van der Waals surface area contributed by atoms with Crippen molar-refractivity contribution < 1.29 is 24.3 Å². The highest BCUT2D eigenvalue weighted by molar-refractivity contribution is 7.98. The first-order valence-corrected chi connectivity index (χ1v) is 12.0. The molecule has 0 aliphatic carbocycles. The van der Waals surface area contributed by atoms with Crippen LogP contribution in [-0.4, -0.2) is 65.5 Å². The number of carboxylic acid groups (broad SMARTS) is 1. The third-order valence-corrected chi connectivity index (χ3v) is 5.78. The number of nitrogens with one attached hydrogen (secondary N) is 3. The van der Waals surface area contributed by atoms with Gasteiger partial charge in [0.2, 0.25) is 17.7 Å². The Morgan fingerprint density at radius 1 is 1.03 bits per heavy atom. The predicted molar refractivity (Wildman–Crippen MR) is 125 cm³/mol. The topological polar surface area (TPSA) is 151 Å². The van der Waals surface area contributed by atoms with Crippen LogP contribution in [0.1, 0.15) is 32.3 Å². The third kappa shape index (κ3) is 9.69. The summed E-state index contributed by atoms with van der Waals surface area (Å²) in [6, 6.07) is 6.56. The van der Waals surface area contributed by atoms with E-state index < -0.39 is 48.4 Å². The molecule has 0 aliphatic heterocycles. The summed E-state index contributed by atoms with van der Waals surface area (Å²) in [5.41, 5.74) is 6.86. The number of rotatable bonds is 14. The fraction of sp³-hybridized carbons (Fsp3) is 0.545. The molecule has 0 saturated heterocycles. The summed E-state index contributed by atoms with van der Waals surface area (Å²) < 4.78 is 0. The van der Waals surface area contributed by atoms with Gasteiger partial charge in [0.15, 0.2) is 0 Å². The van der Waals surface area contributed by atoms with Gasteiger partial charge in [-0.2, -0.15) is 11.8 Å². The van der Waals surface area contributed by atoms with Crippen LogP contribution in [0.4, 0.5) is 0 Å². The summed E-state index contributed by atoms with van der Waals surface area (Å²) in [6.07, 6.45) is 3.11. The van der Waals surface area contributed by atoms with Gasteiger partial charge < -0.3 is 26.8 Å². The van der Waals surface area contributed by atoms with Crippen LogP contribution < -0.4 is 21.7 Å². The second-order valence-electron chi connectivity index (χ2n) is 7.62. The molecule has 6 N–H and O–H groups in total. The molecule has 0 bridgehead atoms. The van der Waals surface area contributed by atoms with Crippen LogP contribution in [0.25, 0.3) is 0 Å². The summed E-state index contributed by atoms with van der Waals surface area (Å²) in [4.78, 5) is 48.9. The molecule has 32 heavy (non-hydrogen) atoms. The molecule has 4 atom stereocenters. The fourth-order valence-electron chi connectivity index (χ4n) is 2.90. The van der Waals surface area contributed by atoms with Crippen molar-refractivity contribution in [1.82, 2.24) is 16.0 Å². The molecule has 1 aromatic carbocycles. The Bertz CT molecular complexity index is 762. The predicted octanol–water partition coefficient (Wildman–Crippen LogP) is 0.526. The van der Waals surface area contributed by atoms with Gasteiger partial charge in [-0.05, 0) is 29.9 Å². The van der Waals surface area contributed by atoms with Crippen molar-refractivity contribution in [1.29, 1.82) is 0 Å². The monoisotopic (exact) mass is 466 g/mol.